The molecule has 0 fully saturated rings. The fraction of sp³-hybridized carbons (Fsp3) is 0.188. The van der Waals surface area contributed by atoms with Crippen molar-refractivity contribution in [2.75, 3.05) is 5.43 Å². The van der Waals surface area contributed by atoms with Crippen molar-refractivity contribution in [1.29, 1.82) is 0 Å². The second-order valence-corrected chi connectivity index (χ2v) is 5.15. The summed E-state index contributed by atoms with van der Waals surface area (Å²) in [6.45, 7) is 3.80. The maximum absolute atomic E-state index is 10.5. The smallest absolute Gasteiger partial charge is 0.106 e. The number of nitrogens with zero attached hydrogens (tertiary/aromatic N) is 1. The first-order chi connectivity index (χ1) is 9.58. The number of aliphatic hydroxyl groups is 1. The summed E-state index contributed by atoms with van der Waals surface area (Å²) in [5.74, 6) is 0. The summed E-state index contributed by atoms with van der Waals surface area (Å²) in [6, 6.07) is 14.8. The Morgan fingerprint density at radius 1 is 1.15 bits per heavy atom. The molecule has 0 bridgehead atoms. The van der Waals surface area contributed by atoms with Crippen LogP contribution in [0.5, 0.6) is 0 Å². The normalized spacial score (nSPS) is 11.8. The quantitative estimate of drug-likeness (QED) is 0.653. The maximum atomic E-state index is 10.5. The number of nitrogens with one attached hydrogen (secondary N) is 1. The van der Waals surface area contributed by atoms with E-state index < -0.39 is 6.10 Å². The minimum atomic E-state index is -0.746. The molecule has 1 unspecified atom stereocenters. The van der Waals surface area contributed by atoms with E-state index in [2.05, 4.69) is 10.5 Å². The Hall–Kier alpha value is -1.84. The fourth-order valence-electron chi connectivity index (χ4n) is 1.85. The van der Waals surface area contributed by atoms with Gasteiger partial charge in [0.1, 0.15) is 6.10 Å². The van der Waals surface area contributed by atoms with Gasteiger partial charge in [0.05, 0.1) is 5.69 Å². The van der Waals surface area contributed by atoms with Crippen LogP contribution in [-0.2, 0) is 0 Å². The molecule has 2 aromatic rings. The molecule has 0 aliphatic carbocycles. The molecular formula is C16H17ClN2O. The van der Waals surface area contributed by atoms with E-state index in [0.29, 0.717) is 10.6 Å². The molecule has 20 heavy (non-hydrogen) atoms. The molecule has 0 saturated heterocycles. The van der Waals surface area contributed by atoms with Crippen molar-refractivity contribution < 1.29 is 5.11 Å². The second-order valence-electron chi connectivity index (χ2n) is 4.72. The molecule has 1 atom stereocenters. The van der Waals surface area contributed by atoms with Crippen LogP contribution in [0.1, 0.15) is 31.1 Å². The van der Waals surface area contributed by atoms with Crippen LogP contribution >= 0.6 is 11.6 Å². The lowest BCUT2D eigenvalue weighted by atomic mass is 10.00. The van der Waals surface area contributed by atoms with Crippen LogP contribution in [0.25, 0.3) is 0 Å². The van der Waals surface area contributed by atoms with E-state index in [-0.39, 0.29) is 0 Å². The molecule has 0 spiro atoms. The van der Waals surface area contributed by atoms with Crippen LogP contribution in [0, 0.1) is 0 Å². The highest BCUT2D eigenvalue weighted by molar-refractivity contribution is 6.30. The van der Waals surface area contributed by atoms with Gasteiger partial charge in [0, 0.05) is 16.3 Å². The van der Waals surface area contributed by atoms with Gasteiger partial charge < -0.3 is 5.11 Å². The molecule has 0 aromatic heterocycles. The van der Waals surface area contributed by atoms with E-state index in [9.17, 15) is 5.11 Å². The first-order valence-corrected chi connectivity index (χ1v) is 6.75. The molecule has 0 saturated carbocycles. The zero-order valence-electron chi connectivity index (χ0n) is 11.5. The van der Waals surface area contributed by atoms with E-state index in [1.54, 1.807) is 12.1 Å². The Balaban J connectivity index is 2.39. The van der Waals surface area contributed by atoms with Gasteiger partial charge in [-0.2, -0.15) is 5.10 Å². The number of anilines is 1. The molecule has 2 rings (SSSR count). The third kappa shape index (κ3) is 3.59. The summed E-state index contributed by atoms with van der Waals surface area (Å²) in [6.07, 6.45) is -0.746. The molecule has 3 nitrogen and oxygen atoms in total. The number of hydrogen-bond donors (Lipinski definition) is 2. The zero-order valence-corrected chi connectivity index (χ0v) is 12.2. The van der Waals surface area contributed by atoms with Crippen molar-refractivity contribution in [2.24, 2.45) is 5.10 Å². The largest absolute Gasteiger partial charge is 0.384 e. The Morgan fingerprint density at radius 2 is 1.85 bits per heavy atom. The topological polar surface area (TPSA) is 44.6 Å². The number of hydrazone groups is 1. The predicted molar refractivity (Wildman–Crippen MR) is 84.4 cm³/mol. The van der Waals surface area contributed by atoms with Crippen molar-refractivity contribution in [3.63, 3.8) is 0 Å². The van der Waals surface area contributed by atoms with E-state index in [0.717, 1.165) is 17.0 Å². The number of hydrogen-bond acceptors (Lipinski definition) is 3. The number of rotatable bonds is 4. The minimum absolute atomic E-state index is 0.581. The van der Waals surface area contributed by atoms with Crippen LogP contribution in [-0.4, -0.2) is 10.8 Å². The second kappa shape index (κ2) is 6.55. The van der Waals surface area contributed by atoms with Gasteiger partial charge in [-0.15, -0.1) is 0 Å². The molecule has 0 heterocycles. The summed E-state index contributed by atoms with van der Waals surface area (Å²) < 4.78 is 0. The van der Waals surface area contributed by atoms with Gasteiger partial charge in [-0.05, 0) is 37.6 Å². The first-order valence-electron chi connectivity index (χ1n) is 6.37. The summed E-state index contributed by atoms with van der Waals surface area (Å²) in [4.78, 5) is 0. The lowest BCUT2D eigenvalue weighted by molar-refractivity contribution is 0.221. The summed E-state index contributed by atoms with van der Waals surface area (Å²) in [5.41, 5.74) is 6.12. The zero-order chi connectivity index (χ0) is 14.5. The van der Waals surface area contributed by atoms with Crippen molar-refractivity contribution in [3.8, 4) is 0 Å². The Bertz CT molecular complexity index is 607. The van der Waals surface area contributed by atoms with Gasteiger partial charge in [0.15, 0.2) is 0 Å². The van der Waals surface area contributed by atoms with Crippen LogP contribution in [0.3, 0.4) is 0 Å². The van der Waals surface area contributed by atoms with E-state index >= 15 is 0 Å². The van der Waals surface area contributed by atoms with Crippen molar-refractivity contribution in [3.05, 3.63) is 64.7 Å². The molecule has 0 aliphatic heterocycles. The van der Waals surface area contributed by atoms with Gasteiger partial charge in [0.2, 0.25) is 0 Å². The number of aliphatic hydroxyl groups excluding tert-OH is 1. The molecule has 0 amide bonds. The minimum Gasteiger partial charge on any atom is -0.384 e. The van der Waals surface area contributed by atoms with Gasteiger partial charge in [-0.1, -0.05) is 41.9 Å². The standard InChI is InChI=1S/C16H17ClN2O/c1-11(2)18-19-15-9-8-13(17)10-14(15)16(20)12-6-4-3-5-7-12/h3-10,16,19-20H,1-2H3. The fourth-order valence-corrected chi connectivity index (χ4v) is 2.03. The van der Waals surface area contributed by atoms with Gasteiger partial charge in [0.25, 0.3) is 0 Å². The Morgan fingerprint density at radius 3 is 2.50 bits per heavy atom. The molecule has 0 aliphatic rings. The third-order valence-corrected chi connectivity index (χ3v) is 3.06. The SMILES string of the molecule is CC(C)=NNc1ccc(Cl)cc1C(O)c1ccccc1. The Kier molecular flexibility index (Phi) is 4.77. The van der Waals surface area contributed by atoms with Crippen LogP contribution in [0.15, 0.2) is 53.6 Å². The highest BCUT2D eigenvalue weighted by Crippen LogP contribution is 2.30. The summed E-state index contributed by atoms with van der Waals surface area (Å²) >= 11 is 6.04. The van der Waals surface area contributed by atoms with Crippen molar-refractivity contribution in [1.82, 2.24) is 0 Å². The molecule has 2 aromatic carbocycles. The average molecular weight is 289 g/mol. The van der Waals surface area contributed by atoms with Crippen LogP contribution in [0.4, 0.5) is 5.69 Å². The molecule has 0 radical (unpaired) electrons. The monoisotopic (exact) mass is 288 g/mol. The molecule has 104 valence electrons. The van der Waals surface area contributed by atoms with Crippen LogP contribution in [0.2, 0.25) is 5.02 Å². The lowest BCUT2D eigenvalue weighted by Gasteiger charge is -2.16. The highest BCUT2D eigenvalue weighted by atomic mass is 35.5. The first kappa shape index (κ1) is 14.6. The number of halogens is 1. The van der Waals surface area contributed by atoms with Gasteiger partial charge in [-0.25, -0.2) is 0 Å². The summed E-state index contributed by atoms with van der Waals surface area (Å²) in [5, 5.41) is 15.3. The van der Waals surface area contributed by atoms with Crippen molar-refractivity contribution >= 4 is 23.0 Å². The average Bonchev–Trinajstić information content (AvgIpc) is 2.46. The van der Waals surface area contributed by atoms with Gasteiger partial charge >= 0.3 is 0 Å². The van der Waals surface area contributed by atoms with Crippen LogP contribution < -0.4 is 5.43 Å². The molecule has 2 N–H and O–H groups in total. The predicted octanol–water partition coefficient (Wildman–Crippen LogP) is 4.23. The van der Waals surface area contributed by atoms with Crippen molar-refractivity contribution in [2.45, 2.75) is 20.0 Å². The molecular weight excluding hydrogens is 272 g/mol. The maximum Gasteiger partial charge on any atom is 0.106 e. The number of benzene rings is 2. The highest BCUT2D eigenvalue weighted by Gasteiger charge is 2.15. The van der Waals surface area contributed by atoms with E-state index in [1.807, 2.05) is 50.2 Å². The van der Waals surface area contributed by atoms with E-state index in [1.165, 1.54) is 0 Å². The Labute approximate surface area is 123 Å². The van der Waals surface area contributed by atoms with E-state index in [4.69, 9.17) is 11.6 Å². The lowest BCUT2D eigenvalue weighted by Crippen LogP contribution is -2.04. The van der Waals surface area contributed by atoms with Gasteiger partial charge in [-0.3, -0.25) is 5.43 Å². The molecule has 4 heteroatoms. The summed E-state index contributed by atoms with van der Waals surface area (Å²) in [7, 11) is 0. The third-order valence-electron chi connectivity index (χ3n) is 2.82.